The summed E-state index contributed by atoms with van der Waals surface area (Å²) in [7, 11) is 0. The van der Waals surface area contributed by atoms with Crippen LogP contribution in [0.25, 0.3) is 0 Å². The Balaban J connectivity index is 2.26. The van der Waals surface area contributed by atoms with Gasteiger partial charge >= 0.3 is 0 Å². The van der Waals surface area contributed by atoms with Crippen LogP contribution in [-0.2, 0) is 4.79 Å². The second-order valence-electron chi connectivity index (χ2n) is 4.11. The Morgan fingerprint density at radius 1 is 1.06 bits per heavy atom. The molecule has 0 spiro atoms. The maximum Gasteiger partial charge on any atom is 0.201 e. The summed E-state index contributed by atoms with van der Waals surface area (Å²) >= 11 is 0. The average Bonchev–Trinajstić information content (AvgIpc) is 2.41. The highest BCUT2D eigenvalue weighted by Crippen LogP contribution is 2.49. The normalized spacial score (nSPS) is 16.3. The zero-order valence-corrected chi connectivity index (χ0v) is 9.33. The molecular formula is C14H10O4. The van der Waals surface area contributed by atoms with Gasteiger partial charge < -0.3 is 19.7 Å². The van der Waals surface area contributed by atoms with E-state index in [1.807, 2.05) is 6.07 Å². The third kappa shape index (κ3) is 1.35. The van der Waals surface area contributed by atoms with Gasteiger partial charge in [0.2, 0.25) is 5.75 Å². The van der Waals surface area contributed by atoms with E-state index in [0.717, 1.165) is 11.8 Å². The molecule has 0 radical (unpaired) electrons. The smallest absolute Gasteiger partial charge is 0.201 e. The monoisotopic (exact) mass is 242 g/mol. The lowest BCUT2D eigenvalue weighted by Crippen LogP contribution is -2.11. The van der Waals surface area contributed by atoms with E-state index in [4.69, 9.17) is 4.74 Å². The summed E-state index contributed by atoms with van der Waals surface area (Å²) in [6, 6.07) is 10.1. The third-order valence-electron chi connectivity index (χ3n) is 3.08. The van der Waals surface area contributed by atoms with Gasteiger partial charge in [0, 0.05) is 11.1 Å². The first-order chi connectivity index (χ1) is 8.72. The maximum atomic E-state index is 11.3. The molecule has 2 aromatic rings. The number of hydrogen-bond acceptors (Lipinski definition) is 4. The van der Waals surface area contributed by atoms with Crippen LogP contribution in [0.2, 0.25) is 0 Å². The predicted molar refractivity (Wildman–Crippen MR) is 64.2 cm³/mol. The maximum absolute atomic E-state index is 11.3. The quantitative estimate of drug-likeness (QED) is 0.595. The summed E-state index contributed by atoms with van der Waals surface area (Å²) < 4.78 is 5.55. The number of ether oxygens (including phenoxy) is 1. The summed E-state index contributed by atoms with van der Waals surface area (Å²) in [4.78, 5) is 11.3. The van der Waals surface area contributed by atoms with E-state index in [1.165, 1.54) is 6.07 Å². The molecule has 2 aromatic carbocycles. The second-order valence-corrected chi connectivity index (χ2v) is 4.11. The summed E-state index contributed by atoms with van der Waals surface area (Å²) in [5, 5.41) is 19.3. The van der Waals surface area contributed by atoms with Crippen molar-refractivity contribution in [2.75, 3.05) is 0 Å². The van der Waals surface area contributed by atoms with Gasteiger partial charge in [-0.05, 0) is 12.1 Å². The number of fused-ring (bicyclic) bond motifs is 2. The van der Waals surface area contributed by atoms with Gasteiger partial charge in [0.05, 0.1) is 5.92 Å². The van der Waals surface area contributed by atoms with Gasteiger partial charge in [-0.15, -0.1) is 0 Å². The highest BCUT2D eigenvalue weighted by Gasteiger charge is 2.29. The molecule has 1 aliphatic heterocycles. The minimum Gasteiger partial charge on any atom is -0.504 e. The van der Waals surface area contributed by atoms with Crippen LogP contribution in [0, 0.1) is 0 Å². The molecular weight excluding hydrogens is 232 g/mol. The molecule has 90 valence electrons. The van der Waals surface area contributed by atoms with Crippen molar-refractivity contribution in [2.24, 2.45) is 0 Å². The van der Waals surface area contributed by atoms with Crippen molar-refractivity contribution in [1.29, 1.82) is 0 Å². The zero-order valence-electron chi connectivity index (χ0n) is 9.33. The minimum atomic E-state index is -0.489. The molecule has 1 unspecified atom stereocenters. The number of para-hydroxylation sites is 1. The Morgan fingerprint density at radius 2 is 1.83 bits per heavy atom. The SMILES string of the molecule is O=CC1c2ccccc2Oc2c1ccc(O)c2O. The summed E-state index contributed by atoms with van der Waals surface area (Å²) in [6.07, 6.45) is 0.802. The van der Waals surface area contributed by atoms with Crippen LogP contribution in [0.3, 0.4) is 0 Å². The van der Waals surface area contributed by atoms with Crippen LogP contribution in [0.15, 0.2) is 36.4 Å². The van der Waals surface area contributed by atoms with Crippen LogP contribution >= 0.6 is 0 Å². The molecule has 0 aliphatic carbocycles. The molecule has 4 nitrogen and oxygen atoms in total. The van der Waals surface area contributed by atoms with E-state index >= 15 is 0 Å². The summed E-state index contributed by atoms with van der Waals surface area (Å²) in [5.74, 6) is -0.433. The lowest BCUT2D eigenvalue weighted by molar-refractivity contribution is -0.108. The lowest BCUT2D eigenvalue weighted by Gasteiger charge is -2.25. The lowest BCUT2D eigenvalue weighted by atomic mass is 9.89. The number of carbonyl (C=O) groups excluding carboxylic acids is 1. The number of aromatic hydroxyl groups is 2. The molecule has 0 saturated carbocycles. The van der Waals surface area contributed by atoms with E-state index < -0.39 is 5.92 Å². The van der Waals surface area contributed by atoms with Gasteiger partial charge in [-0.3, -0.25) is 0 Å². The Kier molecular flexibility index (Phi) is 2.23. The molecule has 3 rings (SSSR count). The van der Waals surface area contributed by atoms with Gasteiger partial charge in [-0.1, -0.05) is 24.3 Å². The van der Waals surface area contributed by atoms with Crippen molar-refractivity contribution in [3.05, 3.63) is 47.5 Å². The van der Waals surface area contributed by atoms with Gasteiger partial charge in [0.1, 0.15) is 12.0 Å². The summed E-state index contributed by atoms with van der Waals surface area (Å²) in [5.41, 5.74) is 1.31. The van der Waals surface area contributed by atoms with Crippen LogP contribution in [0.1, 0.15) is 17.0 Å². The highest BCUT2D eigenvalue weighted by atomic mass is 16.5. The molecule has 1 atom stereocenters. The van der Waals surface area contributed by atoms with Crippen molar-refractivity contribution in [2.45, 2.75) is 5.92 Å². The van der Waals surface area contributed by atoms with E-state index in [2.05, 4.69) is 0 Å². The number of hydrogen-bond donors (Lipinski definition) is 2. The van der Waals surface area contributed by atoms with Crippen LogP contribution in [0.5, 0.6) is 23.0 Å². The fourth-order valence-electron chi connectivity index (χ4n) is 2.18. The Hall–Kier alpha value is -2.49. The minimum absolute atomic E-state index is 0.144. The molecule has 2 N–H and O–H groups in total. The highest BCUT2D eigenvalue weighted by molar-refractivity contribution is 5.76. The molecule has 18 heavy (non-hydrogen) atoms. The van der Waals surface area contributed by atoms with Gasteiger partial charge in [-0.25, -0.2) is 0 Å². The average molecular weight is 242 g/mol. The second kappa shape index (κ2) is 3.77. The van der Waals surface area contributed by atoms with Crippen molar-refractivity contribution in [1.82, 2.24) is 0 Å². The standard InChI is InChI=1S/C14H10O4/c15-7-10-8-3-1-2-4-12(8)18-14-9(10)5-6-11(16)13(14)17/h1-7,10,16-17H. The number of benzene rings is 2. The largest absolute Gasteiger partial charge is 0.504 e. The van der Waals surface area contributed by atoms with Gasteiger partial charge in [0.15, 0.2) is 11.5 Å². The Labute approximate surface area is 103 Å². The topological polar surface area (TPSA) is 66.8 Å². The van der Waals surface area contributed by atoms with Gasteiger partial charge in [-0.2, -0.15) is 0 Å². The van der Waals surface area contributed by atoms with Crippen molar-refractivity contribution in [3.63, 3.8) is 0 Å². The van der Waals surface area contributed by atoms with Crippen molar-refractivity contribution < 1.29 is 19.7 Å². The first-order valence-corrected chi connectivity index (χ1v) is 5.49. The molecule has 0 bridgehead atoms. The van der Waals surface area contributed by atoms with Crippen molar-refractivity contribution >= 4 is 6.29 Å². The predicted octanol–water partition coefficient (Wildman–Crippen LogP) is 2.53. The fraction of sp³-hybridized carbons (Fsp3) is 0.0714. The Bertz CT molecular complexity index is 634. The number of phenols is 2. The first kappa shape index (κ1) is 10.7. The van der Waals surface area contributed by atoms with Gasteiger partial charge in [0.25, 0.3) is 0 Å². The Morgan fingerprint density at radius 3 is 2.61 bits per heavy atom. The molecule has 0 fully saturated rings. The number of phenolic OH excluding ortho intramolecular Hbond substituents is 2. The van der Waals surface area contributed by atoms with E-state index in [-0.39, 0.29) is 17.2 Å². The van der Waals surface area contributed by atoms with E-state index in [0.29, 0.717) is 11.3 Å². The zero-order chi connectivity index (χ0) is 12.7. The molecule has 1 heterocycles. The van der Waals surface area contributed by atoms with Crippen molar-refractivity contribution in [3.8, 4) is 23.0 Å². The molecule has 0 saturated heterocycles. The van der Waals surface area contributed by atoms with Crippen LogP contribution < -0.4 is 4.74 Å². The molecule has 0 amide bonds. The molecule has 1 aliphatic rings. The van der Waals surface area contributed by atoms with Crippen LogP contribution in [0.4, 0.5) is 0 Å². The fourth-order valence-corrected chi connectivity index (χ4v) is 2.18. The summed E-state index contributed by atoms with van der Waals surface area (Å²) in [6.45, 7) is 0. The number of rotatable bonds is 1. The number of aldehydes is 1. The number of carbonyl (C=O) groups is 1. The first-order valence-electron chi connectivity index (χ1n) is 5.49. The molecule has 4 heteroatoms. The molecule has 0 aromatic heterocycles. The van der Waals surface area contributed by atoms with Crippen LogP contribution in [-0.4, -0.2) is 16.5 Å². The van der Waals surface area contributed by atoms with E-state index in [9.17, 15) is 15.0 Å². The third-order valence-corrected chi connectivity index (χ3v) is 3.08. The van der Waals surface area contributed by atoms with E-state index in [1.54, 1.807) is 24.3 Å².